The highest BCUT2D eigenvalue weighted by Crippen LogP contribution is 2.27. The molecular weight excluding hydrogens is 362 g/mol. The molecule has 2 aliphatic rings. The van der Waals surface area contributed by atoms with Gasteiger partial charge in [-0.2, -0.15) is 0 Å². The van der Waals surface area contributed by atoms with Crippen molar-refractivity contribution in [2.75, 3.05) is 31.1 Å². The third-order valence-corrected chi connectivity index (χ3v) is 7.39. The molecule has 0 bridgehead atoms. The number of pyridine rings is 1. The van der Waals surface area contributed by atoms with E-state index in [0.717, 1.165) is 30.5 Å². The molecule has 2 aliphatic heterocycles. The number of benzene rings is 1. The van der Waals surface area contributed by atoms with Crippen LogP contribution in [0.3, 0.4) is 0 Å². The van der Waals surface area contributed by atoms with Crippen molar-refractivity contribution in [3.05, 3.63) is 42.2 Å². The van der Waals surface area contributed by atoms with Crippen LogP contribution in [0, 0.1) is 0 Å². The van der Waals surface area contributed by atoms with Gasteiger partial charge in [-0.1, -0.05) is 24.3 Å². The zero-order valence-electron chi connectivity index (χ0n) is 15.3. The fourth-order valence-corrected chi connectivity index (χ4v) is 5.78. The Morgan fingerprint density at radius 2 is 2.04 bits per heavy atom. The van der Waals surface area contributed by atoms with E-state index >= 15 is 0 Å². The van der Waals surface area contributed by atoms with Crippen molar-refractivity contribution in [3.63, 3.8) is 0 Å². The number of hydrogen-bond acceptors (Lipinski definition) is 5. The Balaban J connectivity index is 1.37. The first-order chi connectivity index (χ1) is 13.0. The van der Waals surface area contributed by atoms with E-state index in [1.165, 1.54) is 5.39 Å². The number of rotatable bonds is 4. The fraction of sp³-hybridized carbons (Fsp3) is 0.500. The lowest BCUT2D eigenvalue weighted by molar-refractivity contribution is -0.131. The minimum absolute atomic E-state index is 0.0461. The van der Waals surface area contributed by atoms with E-state index in [-0.39, 0.29) is 35.9 Å². The highest BCUT2D eigenvalue weighted by atomic mass is 32.2. The second-order valence-corrected chi connectivity index (χ2v) is 9.84. The minimum Gasteiger partial charge on any atom is -0.341 e. The van der Waals surface area contributed by atoms with Gasteiger partial charge in [0.2, 0.25) is 5.91 Å². The number of amides is 1. The van der Waals surface area contributed by atoms with Gasteiger partial charge in [0.05, 0.1) is 18.1 Å². The highest BCUT2D eigenvalue weighted by molar-refractivity contribution is 7.91. The molecule has 2 fully saturated rings. The molecule has 4 rings (SSSR count). The molecule has 2 aromatic rings. The first-order valence-corrected chi connectivity index (χ1v) is 11.4. The van der Waals surface area contributed by atoms with Crippen molar-refractivity contribution < 1.29 is 13.2 Å². The number of likely N-dealkylation sites (tertiary alicyclic amines) is 1. The number of sulfone groups is 1. The van der Waals surface area contributed by atoms with Crippen molar-refractivity contribution in [2.24, 2.45) is 0 Å². The molecule has 0 radical (unpaired) electrons. The van der Waals surface area contributed by atoms with Crippen LogP contribution >= 0.6 is 0 Å². The van der Waals surface area contributed by atoms with Crippen LogP contribution in [0.5, 0.6) is 0 Å². The van der Waals surface area contributed by atoms with Gasteiger partial charge >= 0.3 is 0 Å². The Bertz CT molecular complexity index is 944. The predicted octanol–water partition coefficient (Wildman–Crippen LogP) is 1.72. The van der Waals surface area contributed by atoms with Crippen molar-refractivity contribution in [2.45, 2.75) is 31.2 Å². The lowest BCUT2D eigenvalue weighted by Crippen LogP contribution is -2.45. The second-order valence-electron chi connectivity index (χ2n) is 7.62. The first-order valence-electron chi connectivity index (χ1n) is 9.56. The van der Waals surface area contributed by atoms with Crippen molar-refractivity contribution in [3.8, 4) is 0 Å². The van der Waals surface area contributed by atoms with Gasteiger partial charge in [-0.05, 0) is 30.7 Å². The van der Waals surface area contributed by atoms with Crippen molar-refractivity contribution >= 4 is 26.5 Å². The molecule has 2 saturated heterocycles. The Kier molecular flexibility index (Phi) is 5.14. The van der Waals surface area contributed by atoms with Gasteiger partial charge in [-0.15, -0.1) is 0 Å². The molecule has 1 N–H and O–H groups in total. The average Bonchev–Trinajstić information content (AvgIpc) is 3.04. The molecule has 1 aromatic carbocycles. The van der Waals surface area contributed by atoms with Gasteiger partial charge < -0.3 is 10.2 Å². The molecule has 144 valence electrons. The van der Waals surface area contributed by atoms with Crippen LogP contribution in [0.25, 0.3) is 10.8 Å². The molecule has 7 heteroatoms. The second kappa shape index (κ2) is 7.56. The van der Waals surface area contributed by atoms with Gasteiger partial charge in [0.25, 0.3) is 0 Å². The lowest BCUT2D eigenvalue weighted by atomic mass is 9.93. The maximum atomic E-state index is 12.6. The van der Waals surface area contributed by atoms with Crippen molar-refractivity contribution in [1.29, 1.82) is 0 Å². The van der Waals surface area contributed by atoms with Crippen LogP contribution in [-0.2, 0) is 14.6 Å². The summed E-state index contributed by atoms with van der Waals surface area (Å²) in [7, 11) is -2.93. The number of carbonyl (C=O) groups excluding carboxylic acids is 1. The Hall–Kier alpha value is -1.99. The molecule has 1 aromatic heterocycles. The molecule has 1 amide bonds. The molecule has 0 spiro atoms. The zero-order chi connectivity index (χ0) is 18.9. The third kappa shape index (κ3) is 4.30. The average molecular weight is 388 g/mol. The highest BCUT2D eigenvalue weighted by Gasteiger charge is 2.29. The number of hydrogen-bond donors (Lipinski definition) is 1. The first kappa shape index (κ1) is 18.4. The summed E-state index contributed by atoms with van der Waals surface area (Å²) in [5.74, 6) is 0.659. The van der Waals surface area contributed by atoms with Gasteiger partial charge in [0.15, 0.2) is 9.84 Å². The zero-order valence-corrected chi connectivity index (χ0v) is 16.1. The molecule has 2 unspecified atom stereocenters. The maximum absolute atomic E-state index is 12.6. The van der Waals surface area contributed by atoms with Gasteiger partial charge in [0, 0.05) is 42.3 Å². The van der Waals surface area contributed by atoms with E-state index < -0.39 is 9.84 Å². The Morgan fingerprint density at radius 3 is 2.81 bits per heavy atom. The summed E-state index contributed by atoms with van der Waals surface area (Å²) in [4.78, 5) is 19.1. The van der Waals surface area contributed by atoms with Crippen LogP contribution in [0.1, 0.15) is 30.9 Å². The lowest BCUT2D eigenvalue weighted by Gasteiger charge is -2.33. The monoisotopic (exact) mass is 387 g/mol. The summed E-state index contributed by atoms with van der Waals surface area (Å²) < 4.78 is 23.1. The smallest absolute Gasteiger partial charge is 0.236 e. The largest absolute Gasteiger partial charge is 0.341 e. The number of aromatic nitrogens is 1. The van der Waals surface area contributed by atoms with E-state index in [0.29, 0.717) is 13.0 Å². The number of nitrogens with zero attached hydrogens (tertiary/aromatic N) is 2. The summed E-state index contributed by atoms with van der Waals surface area (Å²) >= 11 is 0. The number of fused-ring (bicyclic) bond motifs is 1. The molecule has 6 nitrogen and oxygen atoms in total. The molecule has 2 atom stereocenters. The normalized spacial score (nSPS) is 25.0. The quantitative estimate of drug-likeness (QED) is 0.864. The van der Waals surface area contributed by atoms with Gasteiger partial charge in [-0.3, -0.25) is 9.78 Å². The maximum Gasteiger partial charge on any atom is 0.236 e. The summed E-state index contributed by atoms with van der Waals surface area (Å²) in [6, 6.07) is 10.2. The van der Waals surface area contributed by atoms with Gasteiger partial charge in [-0.25, -0.2) is 8.42 Å². The van der Waals surface area contributed by atoms with Gasteiger partial charge in [0.1, 0.15) is 0 Å². The summed E-state index contributed by atoms with van der Waals surface area (Å²) in [6.45, 7) is 1.64. The number of carbonyl (C=O) groups is 1. The van der Waals surface area contributed by atoms with Crippen LogP contribution in [-0.4, -0.2) is 61.4 Å². The van der Waals surface area contributed by atoms with Crippen LogP contribution in [0.2, 0.25) is 0 Å². The Labute approximate surface area is 159 Å². The molecule has 3 heterocycles. The fourth-order valence-electron chi connectivity index (χ4n) is 4.07. The van der Waals surface area contributed by atoms with E-state index in [4.69, 9.17) is 0 Å². The molecular formula is C20H25N3O3S. The molecule has 0 saturated carbocycles. The standard InChI is InChI=1S/C20H25N3O3S/c24-20(12-21-18-7-9-27(25,26)14-18)23-8-3-6-17(13-23)19-10-15-4-1-2-5-16(15)11-22-19/h1-2,4-5,10-11,17-18,21H,3,6-9,12-14H2. The van der Waals surface area contributed by atoms with Crippen LogP contribution < -0.4 is 5.32 Å². The SMILES string of the molecule is O=C(CNC1CCS(=O)(=O)C1)N1CCCC(c2cc3ccccc3cn2)C1. The van der Waals surface area contributed by atoms with Crippen molar-refractivity contribution in [1.82, 2.24) is 15.2 Å². The number of nitrogens with one attached hydrogen (secondary N) is 1. The van der Waals surface area contributed by atoms with Crippen LogP contribution in [0.4, 0.5) is 0 Å². The summed E-state index contributed by atoms with van der Waals surface area (Å²) in [6.07, 6.45) is 4.50. The van der Waals surface area contributed by atoms with E-state index in [2.05, 4.69) is 28.5 Å². The molecule has 27 heavy (non-hydrogen) atoms. The van der Waals surface area contributed by atoms with E-state index in [9.17, 15) is 13.2 Å². The predicted molar refractivity (Wildman–Crippen MR) is 105 cm³/mol. The Morgan fingerprint density at radius 1 is 1.22 bits per heavy atom. The third-order valence-electron chi connectivity index (χ3n) is 5.62. The summed E-state index contributed by atoms with van der Waals surface area (Å²) in [5.41, 5.74) is 1.04. The minimum atomic E-state index is -2.93. The topological polar surface area (TPSA) is 79.4 Å². The van der Waals surface area contributed by atoms with E-state index in [1.807, 2.05) is 23.2 Å². The number of piperidine rings is 1. The molecule has 0 aliphatic carbocycles. The summed E-state index contributed by atoms with van der Waals surface area (Å²) in [5, 5.41) is 5.43. The van der Waals surface area contributed by atoms with E-state index in [1.54, 1.807) is 0 Å². The van der Waals surface area contributed by atoms with Crippen LogP contribution in [0.15, 0.2) is 36.5 Å².